The van der Waals surface area contributed by atoms with E-state index in [2.05, 4.69) is 36.5 Å². The number of benzene rings is 2. The first-order valence-electron chi connectivity index (χ1n) is 7.30. The minimum Gasteiger partial charge on any atom is -0.306 e. The van der Waals surface area contributed by atoms with E-state index in [0.29, 0.717) is 0 Å². The lowest BCUT2D eigenvalue weighted by atomic mass is 10.1. The monoisotopic (exact) mass is 269 g/mol. The number of hydrogen-bond donors (Lipinski definition) is 1. The maximum Gasteiger partial charge on any atom is 0.123 e. The lowest BCUT2D eigenvalue weighted by Gasteiger charge is -2.14. The van der Waals surface area contributed by atoms with Gasteiger partial charge in [0.05, 0.1) is 0 Å². The summed E-state index contributed by atoms with van der Waals surface area (Å²) in [6, 6.07) is 15.8. The molecule has 1 N–H and O–H groups in total. The fraction of sp³-hybridized carbons (Fsp3) is 0.333. The van der Waals surface area contributed by atoms with Crippen LogP contribution in [0.3, 0.4) is 0 Å². The minimum atomic E-state index is -0.182. The van der Waals surface area contributed by atoms with E-state index in [0.717, 1.165) is 18.0 Å². The fourth-order valence-corrected chi connectivity index (χ4v) is 2.51. The highest BCUT2D eigenvalue weighted by molar-refractivity contribution is 5.29. The van der Waals surface area contributed by atoms with E-state index >= 15 is 0 Å². The lowest BCUT2D eigenvalue weighted by molar-refractivity contribution is 0.571. The predicted molar refractivity (Wildman–Crippen MR) is 80.1 cm³/mol. The maximum atomic E-state index is 12.9. The van der Waals surface area contributed by atoms with Gasteiger partial charge in [0.1, 0.15) is 5.82 Å². The summed E-state index contributed by atoms with van der Waals surface area (Å²) in [7, 11) is 0. The molecular weight excluding hydrogens is 249 g/mol. The summed E-state index contributed by atoms with van der Waals surface area (Å²) in [5.41, 5.74) is 3.91. The van der Waals surface area contributed by atoms with Gasteiger partial charge in [-0.15, -0.1) is 0 Å². The van der Waals surface area contributed by atoms with Crippen LogP contribution in [0.2, 0.25) is 0 Å². The Morgan fingerprint density at radius 3 is 2.60 bits per heavy atom. The molecule has 1 aliphatic carbocycles. The Balaban J connectivity index is 1.61. The van der Waals surface area contributed by atoms with Crippen molar-refractivity contribution in [2.45, 2.75) is 38.3 Å². The van der Waals surface area contributed by atoms with E-state index in [1.165, 1.54) is 36.1 Å². The standard InChI is InChI=1S/C18H20FN/c1-13(15-7-9-18(19)10-8-15)20-12-14-3-2-4-17(11-14)16-5-6-16/h2-4,7-11,13,16,20H,5-6,12H2,1H3/t13-/m0/s1. The summed E-state index contributed by atoms with van der Waals surface area (Å²) in [5.74, 6) is 0.613. The third-order valence-electron chi connectivity index (χ3n) is 3.98. The average Bonchev–Trinajstić information content (AvgIpc) is 3.30. The smallest absolute Gasteiger partial charge is 0.123 e. The Labute approximate surface area is 119 Å². The van der Waals surface area contributed by atoms with Gasteiger partial charge >= 0.3 is 0 Å². The van der Waals surface area contributed by atoms with Gasteiger partial charge in [0.2, 0.25) is 0 Å². The van der Waals surface area contributed by atoms with Gasteiger partial charge in [0, 0.05) is 12.6 Å². The zero-order valence-corrected chi connectivity index (χ0v) is 11.8. The number of hydrogen-bond acceptors (Lipinski definition) is 1. The molecule has 0 heterocycles. The van der Waals surface area contributed by atoms with Gasteiger partial charge < -0.3 is 5.32 Å². The molecule has 1 nitrogen and oxygen atoms in total. The molecule has 0 saturated heterocycles. The van der Waals surface area contributed by atoms with Crippen molar-refractivity contribution in [1.82, 2.24) is 5.32 Å². The summed E-state index contributed by atoms with van der Waals surface area (Å²) in [4.78, 5) is 0. The second-order valence-electron chi connectivity index (χ2n) is 5.67. The van der Waals surface area contributed by atoms with Gasteiger partial charge in [0.25, 0.3) is 0 Å². The molecule has 2 aromatic rings. The van der Waals surface area contributed by atoms with Crippen LogP contribution in [-0.4, -0.2) is 0 Å². The van der Waals surface area contributed by atoms with Crippen LogP contribution < -0.4 is 5.32 Å². The quantitative estimate of drug-likeness (QED) is 0.839. The first-order valence-corrected chi connectivity index (χ1v) is 7.30. The van der Waals surface area contributed by atoms with Gasteiger partial charge in [-0.2, -0.15) is 0 Å². The fourth-order valence-electron chi connectivity index (χ4n) is 2.51. The van der Waals surface area contributed by atoms with E-state index in [-0.39, 0.29) is 11.9 Å². The van der Waals surface area contributed by atoms with Crippen molar-refractivity contribution in [3.8, 4) is 0 Å². The Bertz CT molecular complexity index is 572. The largest absolute Gasteiger partial charge is 0.306 e. The highest BCUT2D eigenvalue weighted by Crippen LogP contribution is 2.40. The van der Waals surface area contributed by atoms with Crippen LogP contribution >= 0.6 is 0 Å². The lowest BCUT2D eigenvalue weighted by Crippen LogP contribution is -2.18. The molecule has 20 heavy (non-hydrogen) atoms. The molecule has 0 unspecified atom stereocenters. The molecule has 0 amide bonds. The van der Waals surface area contributed by atoms with Crippen LogP contribution in [0.15, 0.2) is 48.5 Å². The van der Waals surface area contributed by atoms with Gasteiger partial charge in [-0.05, 0) is 54.5 Å². The normalized spacial score (nSPS) is 16.1. The second kappa shape index (κ2) is 5.76. The van der Waals surface area contributed by atoms with Crippen molar-refractivity contribution in [1.29, 1.82) is 0 Å². The second-order valence-corrected chi connectivity index (χ2v) is 5.67. The number of rotatable bonds is 5. The van der Waals surface area contributed by atoms with Crippen LogP contribution in [0.4, 0.5) is 4.39 Å². The summed E-state index contributed by atoms with van der Waals surface area (Å²) >= 11 is 0. The van der Waals surface area contributed by atoms with Crippen molar-refractivity contribution >= 4 is 0 Å². The van der Waals surface area contributed by atoms with Crippen molar-refractivity contribution in [3.05, 3.63) is 71.0 Å². The van der Waals surface area contributed by atoms with E-state index < -0.39 is 0 Å². The molecular formula is C18H20FN. The predicted octanol–water partition coefficient (Wildman–Crippen LogP) is 4.55. The SMILES string of the molecule is C[C@H](NCc1cccc(C2CC2)c1)c1ccc(F)cc1. The van der Waals surface area contributed by atoms with Crippen molar-refractivity contribution in [3.63, 3.8) is 0 Å². The average molecular weight is 269 g/mol. The van der Waals surface area contributed by atoms with E-state index in [4.69, 9.17) is 0 Å². The van der Waals surface area contributed by atoms with Crippen LogP contribution in [0.1, 0.15) is 48.4 Å². The summed E-state index contributed by atoms with van der Waals surface area (Å²) in [6.07, 6.45) is 2.67. The Morgan fingerprint density at radius 1 is 1.15 bits per heavy atom. The zero-order valence-electron chi connectivity index (χ0n) is 11.8. The van der Waals surface area contributed by atoms with Gasteiger partial charge in [-0.3, -0.25) is 0 Å². The third-order valence-corrected chi connectivity index (χ3v) is 3.98. The molecule has 1 fully saturated rings. The number of halogens is 1. The Hall–Kier alpha value is -1.67. The Kier molecular flexibility index (Phi) is 3.83. The van der Waals surface area contributed by atoms with Crippen molar-refractivity contribution in [2.75, 3.05) is 0 Å². The van der Waals surface area contributed by atoms with Gasteiger partial charge in [-0.1, -0.05) is 36.4 Å². The summed E-state index contributed by atoms with van der Waals surface area (Å²) in [6.45, 7) is 2.96. The van der Waals surface area contributed by atoms with Crippen molar-refractivity contribution < 1.29 is 4.39 Å². The molecule has 1 saturated carbocycles. The molecule has 0 aliphatic heterocycles. The van der Waals surface area contributed by atoms with Crippen molar-refractivity contribution in [2.24, 2.45) is 0 Å². The molecule has 0 bridgehead atoms. The van der Waals surface area contributed by atoms with Gasteiger partial charge in [-0.25, -0.2) is 4.39 Å². The maximum absolute atomic E-state index is 12.9. The van der Waals surface area contributed by atoms with Crippen LogP contribution in [0.25, 0.3) is 0 Å². The molecule has 0 spiro atoms. The molecule has 2 heteroatoms. The third kappa shape index (κ3) is 3.26. The number of nitrogens with one attached hydrogen (secondary N) is 1. The topological polar surface area (TPSA) is 12.0 Å². The van der Waals surface area contributed by atoms with E-state index in [9.17, 15) is 4.39 Å². The molecule has 104 valence electrons. The zero-order chi connectivity index (χ0) is 13.9. The highest BCUT2D eigenvalue weighted by Gasteiger charge is 2.23. The molecule has 2 aromatic carbocycles. The molecule has 0 aromatic heterocycles. The molecule has 3 rings (SSSR count). The molecule has 0 radical (unpaired) electrons. The van der Waals surface area contributed by atoms with E-state index in [1.54, 1.807) is 0 Å². The Morgan fingerprint density at radius 2 is 1.90 bits per heavy atom. The first-order chi connectivity index (χ1) is 9.72. The van der Waals surface area contributed by atoms with Crippen LogP contribution in [0, 0.1) is 5.82 Å². The van der Waals surface area contributed by atoms with Gasteiger partial charge in [0.15, 0.2) is 0 Å². The summed E-state index contributed by atoms with van der Waals surface area (Å²) in [5, 5.41) is 3.50. The van der Waals surface area contributed by atoms with Crippen LogP contribution in [-0.2, 0) is 6.54 Å². The molecule has 1 atom stereocenters. The van der Waals surface area contributed by atoms with Crippen LogP contribution in [0.5, 0.6) is 0 Å². The highest BCUT2D eigenvalue weighted by atomic mass is 19.1. The first kappa shape index (κ1) is 13.3. The van der Waals surface area contributed by atoms with E-state index in [1.807, 2.05) is 12.1 Å². The minimum absolute atomic E-state index is 0.182. The summed E-state index contributed by atoms with van der Waals surface area (Å²) < 4.78 is 12.9. The molecule has 1 aliphatic rings.